The topological polar surface area (TPSA) is 26.3 Å². The van der Waals surface area contributed by atoms with Gasteiger partial charge in [-0.15, -0.1) is 0 Å². The number of fused-ring (bicyclic) bond motifs is 2. The van der Waals surface area contributed by atoms with Crippen molar-refractivity contribution >= 4 is 5.78 Å². The fourth-order valence-electron chi connectivity index (χ4n) is 4.15. The van der Waals surface area contributed by atoms with E-state index in [9.17, 15) is 4.79 Å². The van der Waals surface area contributed by atoms with Gasteiger partial charge in [0.25, 0.3) is 0 Å². The maximum atomic E-state index is 12.6. The molecule has 0 aromatic carbocycles. The molecule has 2 aliphatic rings. The van der Waals surface area contributed by atoms with Crippen LogP contribution >= 0.6 is 0 Å². The molecule has 3 unspecified atom stereocenters. The molecule has 0 spiro atoms. The minimum absolute atomic E-state index is 0.173. The van der Waals surface area contributed by atoms with Crippen molar-refractivity contribution in [3.05, 3.63) is 11.8 Å². The van der Waals surface area contributed by atoms with Crippen LogP contribution in [-0.2, 0) is 9.53 Å². The normalized spacial score (nSPS) is 34.1. The van der Waals surface area contributed by atoms with Crippen molar-refractivity contribution in [2.45, 2.75) is 47.0 Å². The van der Waals surface area contributed by atoms with Gasteiger partial charge in [-0.25, -0.2) is 0 Å². The number of ether oxygens (including phenoxy) is 1. The third-order valence-electron chi connectivity index (χ3n) is 5.19. The van der Waals surface area contributed by atoms with Crippen LogP contribution in [0.1, 0.15) is 47.0 Å². The summed E-state index contributed by atoms with van der Waals surface area (Å²) >= 11 is 0. The van der Waals surface area contributed by atoms with Gasteiger partial charge in [0.15, 0.2) is 5.78 Å². The lowest BCUT2D eigenvalue weighted by Crippen LogP contribution is -2.35. The van der Waals surface area contributed by atoms with Gasteiger partial charge in [-0.05, 0) is 36.5 Å². The molecule has 0 aromatic rings. The maximum Gasteiger partial charge on any atom is 0.162 e. The molecule has 3 atom stereocenters. The molecule has 2 aliphatic carbocycles. The van der Waals surface area contributed by atoms with Gasteiger partial charge < -0.3 is 4.74 Å². The second-order valence-electron chi connectivity index (χ2n) is 6.88. The van der Waals surface area contributed by atoms with E-state index in [0.717, 1.165) is 11.7 Å². The van der Waals surface area contributed by atoms with E-state index < -0.39 is 0 Å². The van der Waals surface area contributed by atoms with E-state index in [0.29, 0.717) is 5.92 Å². The molecular weight excluding hydrogens is 224 g/mol. The molecule has 2 saturated carbocycles. The highest BCUT2D eigenvalue weighted by Crippen LogP contribution is 2.59. The summed E-state index contributed by atoms with van der Waals surface area (Å²) in [4.78, 5) is 12.6. The lowest BCUT2D eigenvalue weighted by atomic mass is 9.67. The maximum absolute atomic E-state index is 12.6. The molecule has 18 heavy (non-hydrogen) atoms. The highest BCUT2D eigenvalue weighted by Gasteiger charge is 2.54. The summed E-state index contributed by atoms with van der Waals surface area (Å²) in [5.41, 5.74) is 0.173. The molecule has 102 valence electrons. The van der Waals surface area contributed by atoms with Gasteiger partial charge in [0.2, 0.25) is 0 Å². The highest BCUT2D eigenvalue weighted by molar-refractivity contribution is 5.93. The summed E-state index contributed by atoms with van der Waals surface area (Å²) in [6.07, 6.45) is 5.56. The van der Waals surface area contributed by atoms with Crippen LogP contribution < -0.4 is 0 Å². The number of allylic oxidation sites excluding steroid dienone is 2. The fraction of sp³-hybridized carbons (Fsp3) is 0.812. The Hall–Kier alpha value is -0.790. The molecule has 2 heteroatoms. The number of rotatable bonds is 4. The van der Waals surface area contributed by atoms with Crippen molar-refractivity contribution in [2.24, 2.45) is 29.1 Å². The van der Waals surface area contributed by atoms with Gasteiger partial charge in [0.05, 0.1) is 7.11 Å². The third-order valence-corrected chi connectivity index (χ3v) is 5.19. The average molecular weight is 250 g/mol. The Morgan fingerprint density at radius 2 is 2.00 bits per heavy atom. The van der Waals surface area contributed by atoms with Crippen molar-refractivity contribution in [3.8, 4) is 0 Å². The molecule has 0 aromatic heterocycles. The van der Waals surface area contributed by atoms with Crippen LogP contribution in [0.4, 0.5) is 0 Å². The zero-order valence-corrected chi connectivity index (χ0v) is 12.3. The zero-order chi connectivity index (χ0) is 13.5. The van der Waals surface area contributed by atoms with Crippen molar-refractivity contribution in [3.63, 3.8) is 0 Å². The van der Waals surface area contributed by atoms with Crippen LogP contribution in [0.2, 0.25) is 0 Å². The lowest BCUT2D eigenvalue weighted by molar-refractivity contribution is -0.123. The van der Waals surface area contributed by atoms with E-state index in [1.54, 1.807) is 13.2 Å². The molecule has 0 amide bonds. The van der Waals surface area contributed by atoms with E-state index in [-0.39, 0.29) is 23.0 Å². The smallest absolute Gasteiger partial charge is 0.162 e. The van der Waals surface area contributed by atoms with E-state index in [1.165, 1.54) is 19.3 Å². The molecule has 0 heterocycles. The van der Waals surface area contributed by atoms with Crippen molar-refractivity contribution in [1.29, 1.82) is 0 Å². The fourth-order valence-corrected chi connectivity index (χ4v) is 4.15. The first-order chi connectivity index (χ1) is 8.37. The van der Waals surface area contributed by atoms with Crippen LogP contribution in [0.15, 0.2) is 11.8 Å². The molecule has 0 radical (unpaired) electrons. The number of hydrogen-bond acceptors (Lipinski definition) is 2. The molecule has 2 rings (SSSR count). The summed E-state index contributed by atoms with van der Waals surface area (Å²) in [6, 6.07) is 0. The van der Waals surface area contributed by atoms with Gasteiger partial charge in [-0.2, -0.15) is 0 Å². The third kappa shape index (κ3) is 2.10. The Bertz CT molecular complexity index is 365. The van der Waals surface area contributed by atoms with Crippen molar-refractivity contribution < 1.29 is 9.53 Å². The molecular formula is C16H26O2. The standard InChI is InChI=1S/C16H26O2/c1-10(2)14(18-5)9-13(17)15-11-6-7-12(8-11)16(15,3)4/h9-12,15H,6-8H2,1-5H3. The SMILES string of the molecule is COC(=CC(=O)C1C2CCC(C2)C1(C)C)C(C)C. The van der Waals surface area contributed by atoms with Crippen LogP contribution in [0.3, 0.4) is 0 Å². The Morgan fingerprint density at radius 3 is 2.44 bits per heavy atom. The number of hydrogen-bond donors (Lipinski definition) is 0. The van der Waals surface area contributed by atoms with E-state index in [2.05, 4.69) is 27.7 Å². The molecule has 2 nitrogen and oxygen atoms in total. The van der Waals surface area contributed by atoms with E-state index in [1.807, 2.05) is 0 Å². The first-order valence-electron chi connectivity index (χ1n) is 7.17. The zero-order valence-electron chi connectivity index (χ0n) is 12.3. The molecule has 0 aliphatic heterocycles. The van der Waals surface area contributed by atoms with Crippen LogP contribution in [0.25, 0.3) is 0 Å². The Morgan fingerprint density at radius 1 is 1.33 bits per heavy atom. The second kappa shape index (κ2) is 4.71. The molecule has 0 N–H and O–H groups in total. The van der Waals surface area contributed by atoms with Crippen LogP contribution in [-0.4, -0.2) is 12.9 Å². The van der Waals surface area contributed by atoms with E-state index >= 15 is 0 Å². The summed E-state index contributed by atoms with van der Waals surface area (Å²) in [5.74, 6) is 2.95. The summed E-state index contributed by atoms with van der Waals surface area (Å²) < 4.78 is 5.33. The minimum atomic E-state index is 0.173. The van der Waals surface area contributed by atoms with Crippen LogP contribution in [0.5, 0.6) is 0 Å². The van der Waals surface area contributed by atoms with Crippen LogP contribution in [0, 0.1) is 29.1 Å². The first-order valence-corrected chi connectivity index (χ1v) is 7.17. The quantitative estimate of drug-likeness (QED) is 0.560. The Balaban J connectivity index is 2.19. The summed E-state index contributed by atoms with van der Waals surface area (Å²) in [6.45, 7) is 8.67. The van der Waals surface area contributed by atoms with Gasteiger partial charge in [0.1, 0.15) is 5.76 Å². The second-order valence-corrected chi connectivity index (χ2v) is 6.88. The Labute approximate surface area is 111 Å². The summed E-state index contributed by atoms with van der Waals surface area (Å²) in [5, 5.41) is 0. The predicted octanol–water partition coefficient (Wildman–Crippen LogP) is 3.81. The highest BCUT2D eigenvalue weighted by atomic mass is 16.5. The lowest BCUT2D eigenvalue weighted by Gasteiger charge is -2.36. The average Bonchev–Trinajstić information content (AvgIpc) is 2.82. The van der Waals surface area contributed by atoms with E-state index in [4.69, 9.17) is 4.74 Å². The number of carbonyl (C=O) groups is 1. The van der Waals surface area contributed by atoms with Crippen molar-refractivity contribution in [2.75, 3.05) is 7.11 Å². The van der Waals surface area contributed by atoms with Crippen molar-refractivity contribution in [1.82, 2.24) is 0 Å². The van der Waals surface area contributed by atoms with Gasteiger partial charge in [0, 0.05) is 17.9 Å². The van der Waals surface area contributed by atoms with Gasteiger partial charge in [-0.1, -0.05) is 27.7 Å². The minimum Gasteiger partial charge on any atom is -0.501 e. The first kappa shape index (κ1) is 13.6. The number of methoxy groups -OCH3 is 1. The van der Waals surface area contributed by atoms with Gasteiger partial charge in [-0.3, -0.25) is 4.79 Å². The molecule has 0 saturated heterocycles. The van der Waals surface area contributed by atoms with Gasteiger partial charge >= 0.3 is 0 Å². The number of ketones is 1. The monoisotopic (exact) mass is 250 g/mol. The largest absolute Gasteiger partial charge is 0.501 e. The summed E-state index contributed by atoms with van der Waals surface area (Å²) in [7, 11) is 1.66. The number of carbonyl (C=O) groups excluding carboxylic acids is 1. The Kier molecular flexibility index (Phi) is 3.57. The predicted molar refractivity (Wildman–Crippen MR) is 73.0 cm³/mol. The molecule has 2 fully saturated rings. The molecule has 2 bridgehead atoms.